The summed E-state index contributed by atoms with van der Waals surface area (Å²) >= 11 is 5.74. The van der Waals surface area contributed by atoms with Crippen LogP contribution in [0, 0.1) is 6.92 Å². The van der Waals surface area contributed by atoms with Crippen LogP contribution < -0.4 is 5.32 Å². The van der Waals surface area contributed by atoms with Gasteiger partial charge in [-0.3, -0.25) is 0 Å². The fraction of sp³-hybridized carbons (Fsp3) is 0.0833. The fourth-order valence-electron chi connectivity index (χ4n) is 1.51. The highest BCUT2D eigenvalue weighted by Crippen LogP contribution is 2.20. The molecule has 0 aliphatic rings. The molecule has 92 valence electrons. The zero-order valence-electron chi connectivity index (χ0n) is 9.51. The Morgan fingerprint density at radius 3 is 2.72 bits per heavy atom. The van der Waals surface area contributed by atoms with E-state index in [1.807, 2.05) is 0 Å². The summed E-state index contributed by atoms with van der Waals surface area (Å²) in [6, 6.07) is 8.26. The van der Waals surface area contributed by atoms with Gasteiger partial charge in [0.05, 0.1) is 11.3 Å². The number of carboxylic acid groups (broad SMARTS) is 1. The van der Waals surface area contributed by atoms with Crippen molar-refractivity contribution in [3.05, 3.63) is 46.9 Å². The first-order chi connectivity index (χ1) is 8.56. The monoisotopic (exact) mass is 263 g/mol. The molecule has 0 unspecified atom stereocenters. The van der Waals surface area contributed by atoms with Crippen molar-refractivity contribution in [1.29, 1.82) is 0 Å². The van der Waals surface area contributed by atoms with E-state index in [2.05, 4.69) is 15.3 Å². The average Bonchev–Trinajstić information content (AvgIpc) is 2.27. The van der Waals surface area contributed by atoms with Gasteiger partial charge in [-0.2, -0.15) is 0 Å². The minimum atomic E-state index is -1.00. The fourth-order valence-corrected chi connectivity index (χ4v) is 1.74. The van der Waals surface area contributed by atoms with Gasteiger partial charge in [0.2, 0.25) is 5.28 Å². The second kappa shape index (κ2) is 5.01. The molecule has 0 amide bonds. The van der Waals surface area contributed by atoms with Crippen molar-refractivity contribution in [3.63, 3.8) is 0 Å². The number of anilines is 2. The van der Waals surface area contributed by atoms with Gasteiger partial charge in [-0.25, -0.2) is 14.8 Å². The van der Waals surface area contributed by atoms with Crippen LogP contribution in [0.3, 0.4) is 0 Å². The van der Waals surface area contributed by atoms with E-state index in [1.165, 1.54) is 6.07 Å². The summed E-state index contributed by atoms with van der Waals surface area (Å²) < 4.78 is 0. The molecule has 1 aromatic heterocycles. The van der Waals surface area contributed by atoms with Crippen molar-refractivity contribution in [2.45, 2.75) is 6.92 Å². The molecule has 6 heteroatoms. The molecule has 2 N–H and O–H groups in total. The van der Waals surface area contributed by atoms with E-state index in [4.69, 9.17) is 16.7 Å². The lowest BCUT2D eigenvalue weighted by molar-refractivity contribution is 0.0698. The van der Waals surface area contributed by atoms with Gasteiger partial charge < -0.3 is 10.4 Å². The molecule has 0 aliphatic heterocycles. The average molecular weight is 264 g/mol. The zero-order valence-corrected chi connectivity index (χ0v) is 10.3. The highest BCUT2D eigenvalue weighted by molar-refractivity contribution is 6.28. The van der Waals surface area contributed by atoms with Crippen molar-refractivity contribution in [2.75, 3.05) is 5.32 Å². The summed E-state index contributed by atoms with van der Waals surface area (Å²) in [7, 11) is 0. The normalized spacial score (nSPS) is 10.1. The lowest BCUT2D eigenvalue weighted by Gasteiger charge is -2.09. The van der Waals surface area contributed by atoms with Gasteiger partial charge >= 0.3 is 5.97 Å². The predicted octanol–water partition coefficient (Wildman–Crippen LogP) is 2.88. The van der Waals surface area contributed by atoms with Crippen LogP contribution in [0.4, 0.5) is 11.5 Å². The topological polar surface area (TPSA) is 75.1 Å². The third-order valence-corrected chi connectivity index (χ3v) is 2.42. The maximum atomic E-state index is 11.0. The molecule has 0 fully saturated rings. The quantitative estimate of drug-likeness (QED) is 0.833. The molecule has 2 aromatic rings. The molecule has 1 heterocycles. The Kier molecular flexibility index (Phi) is 3.43. The number of halogens is 1. The Morgan fingerprint density at radius 1 is 1.33 bits per heavy atom. The number of nitrogens with zero attached hydrogens (tertiary/aromatic N) is 2. The van der Waals surface area contributed by atoms with Crippen LogP contribution in [0.15, 0.2) is 30.3 Å². The van der Waals surface area contributed by atoms with Gasteiger partial charge in [0.1, 0.15) is 5.82 Å². The molecule has 1 aromatic carbocycles. The van der Waals surface area contributed by atoms with E-state index < -0.39 is 5.97 Å². The van der Waals surface area contributed by atoms with Gasteiger partial charge in [0, 0.05) is 11.8 Å². The maximum Gasteiger partial charge on any atom is 0.337 e. The number of carboxylic acids is 1. The Morgan fingerprint density at radius 2 is 2.06 bits per heavy atom. The number of hydrogen-bond donors (Lipinski definition) is 2. The SMILES string of the molecule is Cc1cc(Nc2ccccc2C(=O)O)nc(Cl)n1. The van der Waals surface area contributed by atoms with Crippen LogP contribution in [0.25, 0.3) is 0 Å². The van der Waals surface area contributed by atoms with Gasteiger partial charge in [-0.05, 0) is 30.7 Å². The van der Waals surface area contributed by atoms with Gasteiger partial charge in [0.25, 0.3) is 0 Å². The minimum absolute atomic E-state index is 0.116. The lowest BCUT2D eigenvalue weighted by atomic mass is 10.2. The lowest BCUT2D eigenvalue weighted by Crippen LogP contribution is -2.04. The van der Waals surface area contributed by atoms with Crippen LogP contribution in [-0.4, -0.2) is 21.0 Å². The molecule has 18 heavy (non-hydrogen) atoms. The van der Waals surface area contributed by atoms with Crippen molar-refractivity contribution in [1.82, 2.24) is 9.97 Å². The van der Waals surface area contributed by atoms with Gasteiger partial charge in [-0.15, -0.1) is 0 Å². The summed E-state index contributed by atoms with van der Waals surface area (Å²) in [6.45, 7) is 1.78. The van der Waals surface area contributed by atoms with Crippen LogP contribution in [0.2, 0.25) is 5.28 Å². The Balaban J connectivity index is 2.37. The standard InChI is InChI=1S/C12H10ClN3O2/c1-7-6-10(16-12(13)14-7)15-9-5-3-2-4-8(9)11(17)18/h2-6H,1H3,(H,17,18)(H,14,15,16). The van der Waals surface area contributed by atoms with E-state index >= 15 is 0 Å². The number of aryl methyl sites for hydroxylation is 1. The minimum Gasteiger partial charge on any atom is -0.478 e. The molecule has 0 spiro atoms. The molecule has 2 rings (SSSR count). The highest BCUT2D eigenvalue weighted by atomic mass is 35.5. The van der Waals surface area contributed by atoms with Crippen LogP contribution in [-0.2, 0) is 0 Å². The number of rotatable bonds is 3. The van der Waals surface area contributed by atoms with Crippen molar-refractivity contribution in [2.24, 2.45) is 0 Å². The smallest absolute Gasteiger partial charge is 0.337 e. The van der Waals surface area contributed by atoms with Crippen LogP contribution in [0.5, 0.6) is 0 Å². The second-order valence-electron chi connectivity index (χ2n) is 3.64. The number of hydrogen-bond acceptors (Lipinski definition) is 4. The first-order valence-corrected chi connectivity index (χ1v) is 5.54. The molecule has 0 saturated carbocycles. The molecule has 0 bridgehead atoms. The van der Waals surface area contributed by atoms with Crippen LogP contribution in [0.1, 0.15) is 16.1 Å². The molecule has 5 nitrogen and oxygen atoms in total. The third-order valence-electron chi connectivity index (χ3n) is 2.25. The van der Waals surface area contributed by atoms with E-state index in [0.29, 0.717) is 17.2 Å². The number of nitrogens with one attached hydrogen (secondary N) is 1. The summed E-state index contributed by atoms with van der Waals surface area (Å²) in [6.07, 6.45) is 0. The van der Waals surface area contributed by atoms with Crippen LogP contribution >= 0.6 is 11.6 Å². The summed E-state index contributed by atoms with van der Waals surface area (Å²) in [4.78, 5) is 19.0. The van der Waals surface area contributed by atoms with E-state index in [1.54, 1.807) is 31.2 Å². The summed E-state index contributed by atoms with van der Waals surface area (Å²) in [5.74, 6) is -0.545. The number of para-hydroxylation sites is 1. The number of aromatic carboxylic acids is 1. The Labute approximate surface area is 108 Å². The van der Waals surface area contributed by atoms with Gasteiger partial charge in [-0.1, -0.05) is 12.1 Å². The first-order valence-electron chi connectivity index (χ1n) is 5.17. The van der Waals surface area contributed by atoms with E-state index in [-0.39, 0.29) is 10.8 Å². The second-order valence-corrected chi connectivity index (χ2v) is 3.98. The molecular formula is C12H10ClN3O2. The Hall–Kier alpha value is -2.14. The van der Waals surface area contributed by atoms with E-state index in [9.17, 15) is 4.79 Å². The zero-order chi connectivity index (χ0) is 13.1. The number of benzene rings is 1. The molecule has 0 atom stereocenters. The summed E-state index contributed by atoms with van der Waals surface area (Å²) in [5.41, 5.74) is 1.33. The number of carbonyl (C=O) groups is 1. The molecule has 0 aliphatic carbocycles. The van der Waals surface area contributed by atoms with Crippen molar-refractivity contribution in [3.8, 4) is 0 Å². The number of aromatic nitrogens is 2. The van der Waals surface area contributed by atoms with Crippen molar-refractivity contribution >= 4 is 29.1 Å². The summed E-state index contributed by atoms with van der Waals surface area (Å²) in [5, 5.41) is 12.1. The molecule has 0 radical (unpaired) electrons. The largest absolute Gasteiger partial charge is 0.478 e. The Bertz CT molecular complexity index is 581. The molecule has 0 saturated heterocycles. The van der Waals surface area contributed by atoms with Gasteiger partial charge in [0.15, 0.2) is 0 Å². The van der Waals surface area contributed by atoms with E-state index in [0.717, 1.165) is 0 Å². The van der Waals surface area contributed by atoms with Crippen molar-refractivity contribution < 1.29 is 9.90 Å². The highest BCUT2D eigenvalue weighted by Gasteiger charge is 2.10. The predicted molar refractivity (Wildman–Crippen MR) is 68.5 cm³/mol. The molecular weight excluding hydrogens is 254 g/mol. The maximum absolute atomic E-state index is 11.0. The third kappa shape index (κ3) is 2.75. The first kappa shape index (κ1) is 12.3.